The normalized spacial score (nSPS) is 20.9. The number of ether oxygens (including phenoxy) is 1. The van der Waals surface area contributed by atoms with E-state index in [0.29, 0.717) is 0 Å². The summed E-state index contributed by atoms with van der Waals surface area (Å²) in [5.41, 5.74) is 7.56. The third kappa shape index (κ3) is 2.28. The zero-order valence-electron chi connectivity index (χ0n) is 9.99. The van der Waals surface area contributed by atoms with E-state index < -0.39 is 0 Å². The van der Waals surface area contributed by atoms with Crippen molar-refractivity contribution in [3.63, 3.8) is 0 Å². The minimum absolute atomic E-state index is 0.0736. The van der Waals surface area contributed by atoms with Gasteiger partial charge >= 0.3 is 0 Å². The molecule has 16 heavy (non-hydrogen) atoms. The van der Waals surface area contributed by atoms with Crippen LogP contribution in [0.2, 0.25) is 0 Å². The molecule has 1 aromatic rings. The van der Waals surface area contributed by atoms with Gasteiger partial charge < -0.3 is 10.5 Å². The molecule has 1 aromatic carbocycles. The Labute approximate surface area is 97.8 Å². The van der Waals surface area contributed by atoms with Gasteiger partial charge in [-0.15, -0.1) is 0 Å². The zero-order valence-corrected chi connectivity index (χ0v) is 9.99. The fourth-order valence-electron chi connectivity index (χ4n) is 2.75. The van der Waals surface area contributed by atoms with E-state index in [1.165, 1.54) is 18.4 Å². The fraction of sp³-hybridized carbons (Fsp3) is 0.571. The fourth-order valence-corrected chi connectivity index (χ4v) is 2.75. The van der Waals surface area contributed by atoms with Gasteiger partial charge in [-0.3, -0.25) is 0 Å². The molecule has 1 saturated carbocycles. The van der Waals surface area contributed by atoms with Crippen molar-refractivity contribution >= 4 is 0 Å². The van der Waals surface area contributed by atoms with Crippen LogP contribution in [0.4, 0.5) is 0 Å². The second-order valence-electron chi connectivity index (χ2n) is 4.77. The van der Waals surface area contributed by atoms with Crippen LogP contribution in [0.25, 0.3) is 0 Å². The van der Waals surface area contributed by atoms with Crippen molar-refractivity contribution in [2.75, 3.05) is 7.11 Å². The van der Waals surface area contributed by atoms with Crippen LogP contribution >= 0.6 is 0 Å². The summed E-state index contributed by atoms with van der Waals surface area (Å²) in [5.74, 6) is 0. The quantitative estimate of drug-likeness (QED) is 0.844. The maximum Gasteiger partial charge on any atom is 0.0832 e. The van der Waals surface area contributed by atoms with E-state index in [-0.39, 0.29) is 11.6 Å². The summed E-state index contributed by atoms with van der Waals surface area (Å²) < 4.78 is 5.71. The highest BCUT2D eigenvalue weighted by Crippen LogP contribution is 2.35. The van der Waals surface area contributed by atoms with Gasteiger partial charge in [-0.25, -0.2) is 0 Å². The lowest BCUT2D eigenvalue weighted by Crippen LogP contribution is -2.48. The lowest BCUT2D eigenvalue weighted by Gasteiger charge is -2.34. The predicted octanol–water partition coefficient (Wildman–Crippen LogP) is 2.52. The minimum Gasteiger partial charge on any atom is -0.377 e. The number of rotatable bonds is 4. The number of hydrogen-bond acceptors (Lipinski definition) is 2. The number of benzene rings is 1. The third-order valence-electron chi connectivity index (χ3n) is 3.83. The van der Waals surface area contributed by atoms with Gasteiger partial charge in [0.2, 0.25) is 0 Å². The van der Waals surface area contributed by atoms with Gasteiger partial charge in [-0.2, -0.15) is 0 Å². The van der Waals surface area contributed by atoms with Gasteiger partial charge in [0.25, 0.3) is 0 Å². The molecule has 2 rings (SSSR count). The Morgan fingerprint density at radius 3 is 2.44 bits per heavy atom. The first-order valence-corrected chi connectivity index (χ1v) is 6.11. The monoisotopic (exact) mass is 219 g/mol. The van der Waals surface area contributed by atoms with Crippen LogP contribution in [0.15, 0.2) is 30.3 Å². The van der Waals surface area contributed by atoms with Gasteiger partial charge in [0, 0.05) is 13.2 Å². The summed E-state index contributed by atoms with van der Waals surface area (Å²) >= 11 is 0. The molecule has 0 heterocycles. The summed E-state index contributed by atoms with van der Waals surface area (Å²) in [6.07, 6.45) is 5.62. The van der Waals surface area contributed by atoms with Crippen molar-refractivity contribution in [2.24, 2.45) is 5.73 Å². The van der Waals surface area contributed by atoms with Crippen molar-refractivity contribution in [1.29, 1.82) is 0 Å². The molecular weight excluding hydrogens is 198 g/mol. The molecule has 1 aliphatic carbocycles. The van der Waals surface area contributed by atoms with Gasteiger partial charge in [0.1, 0.15) is 0 Å². The van der Waals surface area contributed by atoms with Gasteiger partial charge in [0.15, 0.2) is 0 Å². The standard InChI is InChI=1S/C14H21NO/c1-16-14(9-5-6-10-14)13(15)11-12-7-3-2-4-8-12/h2-4,7-8,13H,5-6,9-11,15H2,1H3. The molecule has 0 aliphatic heterocycles. The maximum atomic E-state index is 6.33. The second-order valence-corrected chi connectivity index (χ2v) is 4.77. The molecule has 0 amide bonds. The first-order chi connectivity index (χ1) is 7.77. The molecule has 2 N–H and O–H groups in total. The van der Waals surface area contributed by atoms with Crippen molar-refractivity contribution in [1.82, 2.24) is 0 Å². The van der Waals surface area contributed by atoms with E-state index in [4.69, 9.17) is 10.5 Å². The summed E-state index contributed by atoms with van der Waals surface area (Å²) in [6, 6.07) is 10.6. The summed E-state index contributed by atoms with van der Waals surface area (Å²) in [7, 11) is 1.80. The van der Waals surface area contributed by atoms with Crippen LogP contribution in [-0.2, 0) is 11.2 Å². The number of methoxy groups -OCH3 is 1. The Balaban J connectivity index is 2.04. The molecule has 0 spiro atoms. The molecule has 2 nitrogen and oxygen atoms in total. The molecule has 1 fully saturated rings. The number of hydrogen-bond donors (Lipinski definition) is 1. The van der Waals surface area contributed by atoms with E-state index in [2.05, 4.69) is 24.3 Å². The van der Waals surface area contributed by atoms with Crippen LogP contribution in [0, 0.1) is 0 Å². The van der Waals surface area contributed by atoms with E-state index in [1.807, 2.05) is 6.07 Å². The highest BCUT2D eigenvalue weighted by Gasteiger charge is 2.39. The first-order valence-electron chi connectivity index (χ1n) is 6.11. The predicted molar refractivity (Wildman–Crippen MR) is 66.3 cm³/mol. The molecule has 1 aliphatic rings. The summed E-state index contributed by atoms with van der Waals surface area (Å²) in [6.45, 7) is 0. The second kappa shape index (κ2) is 4.98. The highest BCUT2D eigenvalue weighted by atomic mass is 16.5. The largest absolute Gasteiger partial charge is 0.377 e. The first kappa shape index (κ1) is 11.6. The van der Waals surface area contributed by atoms with Crippen molar-refractivity contribution in [2.45, 2.75) is 43.7 Å². The van der Waals surface area contributed by atoms with Crippen LogP contribution < -0.4 is 5.73 Å². The van der Waals surface area contributed by atoms with Crippen LogP contribution in [0.3, 0.4) is 0 Å². The smallest absolute Gasteiger partial charge is 0.0832 e. The minimum atomic E-state index is -0.0736. The topological polar surface area (TPSA) is 35.2 Å². The van der Waals surface area contributed by atoms with Crippen LogP contribution in [-0.4, -0.2) is 18.8 Å². The average molecular weight is 219 g/mol. The van der Waals surface area contributed by atoms with Crippen molar-refractivity contribution in [3.8, 4) is 0 Å². The molecule has 1 atom stereocenters. The summed E-state index contributed by atoms with van der Waals surface area (Å²) in [5, 5.41) is 0. The molecular formula is C14H21NO. The lowest BCUT2D eigenvalue weighted by atomic mass is 9.88. The molecule has 0 radical (unpaired) electrons. The Morgan fingerprint density at radius 1 is 1.25 bits per heavy atom. The molecule has 2 heteroatoms. The van der Waals surface area contributed by atoms with E-state index in [9.17, 15) is 0 Å². The van der Waals surface area contributed by atoms with Crippen LogP contribution in [0.1, 0.15) is 31.2 Å². The third-order valence-corrected chi connectivity index (χ3v) is 3.83. The Morgan fingerprint density at radius 2 is 1.88 bits per heavy atom. The van der Waals surface area contributed by atoms with Crippen molar-refractivity contribution < 1.29 is 4.74 Å². The molecule has 0 aromatic heterocycles. The van der Waals surface area contributed by atoms with Gasteiger partial charge in [-0.05, 0) is 24.8 Å². The molecule has 1 unspecified atom stereocenters. The Hall–Kier alpha value is -0.860. The molecule has 0 saturated heterocycles. The average Bonchev–Trinajstić information content (AvgIpc) is 2.80. The Kier molecular flexibility index (Phi) is 3.62. The molecule has 88 valence electrons. The Bertz CT molecular complexity index is 317. The summed E-state index contributed by atoms with van der Waals surface area (Å²) in [4.78, 5) is 0. The molecule has 0 bridgehead atoms. The lowest BCUT2D eigenvalue weighted by molar-refractivity contribution is -0.0253. The van der Waals surface area contributed by atoms with Gasteiger partial charge in [0.05, 0.1) is 5.60 Å². The van der Waals surface area contributed by atoms with Crippen LogP contribution in [0.5, 0.6) is 0 Å². The van der Waals surface area contributed by atoms with E-state index in [1.54, 1.807) is 7.11 Å². The van der Waals surface area contributed by atoms with E-state index >= 15 is 0 Å². The zero-order chi connectivity index (χ0) is 11.4. The van der Waals surface area contributed by atoms with Gasteiger partial charge in [-0.1, -0.05) is 43.2 Å². The number of nitrogens with two attached hydrogens (primary N) is 1. The van der Waals surface area contributed by atoms with Crippen molar-refractivity contribution in [3.05, 3.63) is 35.9 Å². The van der Waals surface area contributed by atoms with E-state index in [0.717, 1.165) is 19.3 Å². The maximum absolute atomic E-state index is 6.33. The SMILES string of the molecule is COC1(C(N)Cc2ccccc2)CCCC1. The highest BCUT2D eigenvalue weighted by molar-refractivity contribution is 5.17.